The molecular weight excluding hydrogens is 532 g/mol. The molecule has 5 rings (SSSR count). The molecule has 2 saturated heterocycles. The monoisotopic (exact) mass is 576 g/mol. The van der Waals surface area contributed by atoms with Crippen molar-refractivity contribution in [1.29, 1.82) is 0 Å². The van der Waals surface area contributed by atoms with Gasteiger partial charge in [0.15, 0.2) is 0 Å². The molecule has 2 aromatic carbocycles. The quantitative estimate of drug-likeness (QED) is 0.250. The molecule has 42 heavy (non-hydrogen) atoms. The molecule has 2 aliphatic rings. The van der Waals surface area contributed by atoms with Crippen LogP contribution in [0.5, 0.6) is 5.75 Å². The minimum atomic E-state index is 0.446. The lowest BCUT2D eigenvalue weighted by atomic mass is 10.1. The molecule has 1 aromatic heterocycles. The highest BCUT2D eigenvalue weighted by atomic mass is 16.5. The molecule has 0 unspecified atom stereocenters. The van der Waals surface area contributed by atoms with Crippen molar-refractivity contribution in [3.8, 4) is 5.75 Å². The summed E-state index contributed by atoms with van der Waals surface area (Å²) < 4.78 is 28.1. The molecule has 3 heterocycles. The molecule has 9 heteroatoms. The summed E-state index contributed by atoms with van der Waals surface area (Å²) in [5.41, 5.74) is 5.68. The van der Waals surface area contributed by atoms with Crippen LogP contribution in [0.2, 0.25) is 0 Å². The zero-order chi connectivity index (χ0) is 28.8. The summed E-state index contributed by atoms with van der Waals surface area (Å²) in [6.45, 7) is 11.7. The van der Waals surface area contributed by atoms with E-state index in [9.17, 15) is 0 Å². The third kappa shape index (κ3) is 9.40. The van der Waals surface area contributed by atoms with Crippen LogP contribution in [0.3, 0.4) is 0 Å². The molecule has 226 valence electrons. The maximum atomic E-state index is 5.91. The molecule has 2 fully saturated rings. The molecule has 0 radical (unpaired) electrons. The number of morpholine rings is 2. The van der Waals surface area contributed by atoms with E-state index in [4.69, 9.17) is 23.7 Å². The van der Waals surface area contributed by atoms with Crippen molar-refractivity contribution in [1.82, 2.24) is 9.88 Å². The second-order valence-electron chi connectivity index (χ2n) is 10.6. The van der Waals surface area contributed by atoms with Gasteiger partial charge >= 0.3 is 0 Å². The number of hydrogen-bond acceptors (Lipinski definition) is 9. The van der Waals surface area contributed by atoms with Gasteiger partial charge in [-0.1, -0.05) is 24.3 Å². The van der Waals surface area contributed by atoms with Crippen molar-refractivity contribution in [2.75, 3.05) is 95.9 Å². The largest absolute Gasteiger partial charge is 0.497 e. The molecule has 0 atom stereocenters. The van der Waals surface area contributed by atoms with E-state index in [1.807, 2.05) is 18.3 Å². The average molecular weight is 577 g/mol. The number of aromatic nitrogens is 1. The van der Waals surface area contributed by atoms with Crippen LogP contribution in [0.25, 0.3) is 0 Å². The summed E-state index contributed by atoms with van der Waals surface area (Å²) in [7, 11) is 1.71. The normalized spacial score (nSPS) is 16.0. The Bertz CT molecular complexity index is 1200. The Morgan fingerprint density at radius 3 is 2.31 bits per heavy atom. The van der Waals surface area contributed by atoms with Gasteiger partial charge in [0.2, 0.25) is 0 Å². The highest BCUT2D eigenvalue weighted by Gasteiger charge is 2.14. The van der Waals surface area contributed by atoms with Gasteiger partial charge in [0, 0.05) is 63.4 Å². The molecule has 0 amide bonds. The molecular formula is C33H44N4O5. The van der Waals surface area contributed by atoms with Gasteiger partial charge in [0.25, 0.3) is 0 Å². The number of hydrogen-bond donors (Lipinski definition) is 0. The van der Waals surface area contributed by atoms with Crippen molar-refractivity contribution in [3.05, 3.63) is 83.7 Å². The summed E-state index contributed by atoms with van der Waals surface area (Å²) in [4.78, 5) is 11.7. The highest BCUT2D eigenvalue weighted by molar-refractivity contribution is 5.51. The van der Waals surface area contributed by atoms with E-state index in [1.165, 1.54) is 16.8 Å². The Morgan fingerprint density at radius 1 is 0.786 bits per heavy atom. The zero-order valence-corrected chi connectivity index (χ0v) is 24.8. The molecule has 2 aliphatic heterocycles. The van der Waals surface area contributed by atoms with Crippen LogP contribution in [-0.4, -0.2) is 96.0 Å². The van der Waals surface area contributed by atoms with Crippen molar-refractivity contribution in [3.63, 3.8) is 0 Å². The molecule has 9 nitrogen and oxygen atoms in total. The van der Waals surface area contributed by atoms with Gasteiger partial charge < -0.3 is 33.5 Å². The second kappa shape index (κ2) is 16.4. The number of ether oxygens (including phenoxy) is 5. The molecule has 0 N–H and O–H groups in total. The minimum absolute atomic E-state index is 0.446. The number of rotatable bonds is 15. The SMILES string of the molecule is COc1cccc(CN(Cc2ccc(N3CCOCC3)cc2)c2ccnc(COCCOCCN3CCOCC3)c2)c1. The Hall–Kier alpha value is -3.21. The van der Waals surface area contributed by atoms with Crippen molar-refractivity contribution in [2.45, 2.75) is 19.7 Å². The van der Waals surface area contributed by atoms with E-state index in [1.54, 1.807) is 7.11 Å². The predicted octanol–water partition coefficient (Wildman–Crippen LogP) is 4.00. The van der Waals surface area contributed by atoms with E-state index >= 15 is 0 Å². The molecule has 0 saturated carbocycles. The van der Waals surface area contributed by atoms with Crippen LogP contribution in [-0.2, 0) is 38.6 Å². The standard InChI is InChI=1S/C33H44N4O5/c1-38-33-4-2-3-29(23-33)26-37(25-28-5-7-31(8-6-28)36-14-19-40-20-15-36)32-9-10-34-30(24-32)27-42-22-21-41-18-13-35-11-16-39-17-12-35/h2-10,23-24H,11-22,25-27H2,1H3. The van der Waals surface area contributed by atoms with Crippen molar-refractivity contribution in [2.24, 2.45) is 0 Å². The molecule has 0 bridgehead atoms. The maximum Gasteiger partial charge on any atom is 0.119 e. The molecule has 0 aliphatic carbocycles. The number of benzene rings is 2. The lowest BCUT2D eigenvalue weighted by molar-refractivity contribution is 0.00553. The van der Waals surface area contributed by atoms with Crippen LogP contribution in [0.15, 0.2) is 66.9 Å². The van der Waals surface area contributed by atoms with Crippen LogP contribution < -0.4 is 14.5 Å². The van der Waals surface area contributed by atoms with Gasteiger partial charge in [0.1, 0.15) is 5.75 Å². The third-order valence-corrected chi connectivity index (χ3v) is 7.64. The summed E-state index contributed by atoms with van der Waals surface area (Å²) in [6.07, 6.45) is 1.87. The lowest BCUT2D eigenvalue weighted by Crippen LogP contribution is -2.38. The smallest absolute Gasteiger partial charge is 0.119 e. The van der Waals surface area contributed by atoms with E-state index in [-0.39, 0.29) is 0 Å². The molecule has 3 aromatic rings. The third-order valence-electron chi connectivity index (χ3n) is 7.64. The fraction of sp³-hybridized carbons (Fsp3) is 0.485. The van der Waals surface area contributed by atoms with Gasteiger partial charge in [-0.25, -0.2) is 0 Å². The van der Waals surface area contributed by atoms with Gasteiger partial charge in [-0.2, -0.15) is 0 Å². The number of pyridine rings is 1. The van der Waals surface area contributed by atoms with Gasteiger partial charge in [-0.05, 0) is 47.5 Å². The van der Waals surface area contributed by atoms with Crippen LogP contribution >= 0.6 is 0 Å². The van der Waals surface area contributed by atoms with Crippen LogP contribution in [0.1, 0.15) is 16.8 Å². The van der Waals surface area contributed by atoms with Crippen LogP contribution in [0, 0.1) is 0 Å². The zero-order valence-electron chi connectivity index (χ0n) is 24.8. The first kappa shape index (κ1) is 30.3. The van der Waals surface area contributed by atoms with Crippen LogP contribution in [0.4, 0.5) is 11.4 Å². The maximum absolute atomic E-state index is 5.91. The summed E-state index contributed by atoms with van der Waals surface area (Å²) in [5, 5.41) is 0. The lowest BCUT2D eigenvalue weighted by Gasteiger charge is -2.29. The first-order chi connectivity index (χ1) is 20.8. The fourth-order valence-corrected chi connectivity index (χ4v) is 5.24. The van der Waals surface area contributed by atoms with Gasteiger partial charge in [-0.15, -0.1) is 0 Å². The predicted molar refractivity (Wildman–Crippen MR) is 164 cm³/mol. The van der Waals surface area contributed by atoms with E-state index < -0.39 is 0 Å². The first-order valence-electron chi connectivity index (χ1n) is 15.0. The number of nitrogens with zero attached hydrogens (tertiary/aromatic N) is 4. The summed E-state index contributed by atoms with van der Waals surface area (Å²) in [5.74, 6) is 0.860. The van der Waals surface area contributed by atoms with E-state index in [0.29, 0.717) is 26.4 Å². The summed E-state index contributed by atoms with van der Waals surface area (Å²) in [6, 6.07) is 21.4. The Balaban J connectivity index is 1.18. The first-order valence-corrected chi connectivity index (χ1v) is 15.0. The molecule has 0 spiro atoms. The Kier molecular flexibility index (Phi) is 11.8. The topological polar surface area (TPSA) is 68.8 Å². The van der Waals surface area contributed by atoms with E-state index in [0.717, 1.165) is 89.4 Å². The van der Waals surface area contributed by atoms with Gasteiger partial charge in [-0.3, -0.25) is 9.88 Å². The number of anilines is 2. The second-order valence-corrected chi connectivity index (χ2v) is 10.6. The summed E-state index contributed by atoms with van der Waals surface area (Å²) >= 11 is 0. The highest BCUT2D eigenvalue weighted by Crippen LogP contribution is 2.24. The van der Waals surface area contributed by atoms with E-state index in [2.05, 4.69) is 68.2 Å². The fourth-order valence-electron chi connectivity index (χ4n) is 5.24. The minimum Gasteiger partial charge on any atom is -0.497 e. The Morgan fingerprint density at radius 2 is 1.52 bits per heavy atom. The average Bonchev–Trinajstić information content (AvgIpc) is 3.05. The number of methoxy groups -OCH3 is 1. The van der Waals surface area contributed by atoms with Crippen molar-refractivity contribution < 1.29 is 23.7 Å². The van der Waals surface area contributed by atoms with Crippen molar-refractivity contribution >= 4 is 11.4 Å². The van der Waals surface area contributed by atoms with Gasteiger partial charge in [0.05, 0.1) is 65.7 Å². The Labute approximate surface area is 249 Å².